The molecule has 0 radical (unpaired) electrons. The Morgan fingerprint density at radius 2 is 1.82 bits per heavy atom. The molecule has 7 heteroatoms. The number of ketones is 1. The maximum atomic E-state index is 14.1. The zero-order chi connectivity index (χ0) is 28.5. The Hall–Kier alpha value is -3.58. The van der Waals surface area contributed by atoms with E-state index >= 15 is 0 Å². The molecule has 0 spiro atoms. The molecule has 1 heterocycles. The van der Waals surface area contributed by atoms with E-state index in [0.29, 0.717) is 12.2 Å². The second-order valence-electron chi connectivity index (χ2n) is 10.3. The van der Waals surface area contributed by atoms with Gasteiger partial charge < -0.3 is 14.0 Å². The topological polar surface area (TPSA) is 70.4 Å². The van der Waals surface area contributed by atoms with Crippen molar-refractivity contribution in [3.05, 3.63) is 94.2 Å². The summed E-state index contributed by atoms with van der Waals surface area (Å²) in [4.78, 5) is 31.4. The van der Waals surface area contributed by atoms with Gasteiger partial charge in [0.2, 0.25) is 0 Å². The van der Waals surface area contributed by atoms with Crippen LogP contribution < -0.4 is 4.74 Å². The molecule has 0 fully saturated rings. The zero-order valence-electron chi connectivity index (χ0n) is 23.8. The van der Waals surface area contributed by atoms with Gasteiger partial charge in [-0.2, -0.15) is 0 Å². The first-order chi connectivity index (χ1) is 19.4. The number of carbonyl (C=O) groups excluding carboxylic acids is 2. The molecule has 0 aliphatic heterocycles. The number of Topliss-reactive ketones (excluding diaryl/α,β-unsaturated/α-hetero) is 1. The van der Waals surface area contributed by atoms with Crippen LogP contribution in [0, 0.1) is 5.41 Å². The SMILES string of the molecule is CCCCC1=C(Sc2nccn2C)C(=O)C(=Cc2ccc(C(=O)OC)cc2)C1(C)CCCCOc1ccccc1. The van der Waals surface area contributed by atoms with Gasteiger partial charge in [-0.1, -0.05) is 50.6 Å². The third kappa shape index (κ3) is 6.76. The predicted octanol–water partition coefficient (Wildman–Crippen LogP) is 7.67. The van der Waals surface area contributed by atoms with Crippen LogP contribution in [0.15, 0.2) is 88.2 Å². The normalized spacial score (nSPS) is 18.0. The summed E-state index contributed by atoms with van der Waals surface area (Å²) >= 11 is 1.47. The van der Waals surface area contributed by atoms with E-state index in [1.165, 1.54) is 24.4 Å². The Morgan fingerprint density at radius 3 is 2.48 bits per heavy atom. The van der Waals surface area contributed by atoms with Crippen LogP contribution in [-0.4, -0.2) is 35.0 Å². The number of para-hydroxylation sites is 1. The molecular weight excluding hydrogens is 520 g/mol. The lowest BCUT2D eigenvalue weighted by molar-refractivity contribution is -0.111. The van der Waals surface area contributed by atoms with Crippen molar-refractivity contribution in [3.8, 4) is 5.75 Å². The molecule has 0 N–H and O–H groups in total. The van der Waals surface area contributed by atoms with Crippen LogP contribution in [-0.2, 0) is 16.6 Å². The Balaban J connectivity index is 1.64. The summed E-state index contributed by atoms with van der Waals surface area (Å²) in [7, 11) is 3.32. The molecular formula is C33H38N2O4S. The van der Waals surface area contributed by atoms with Gasteiger partial charge in [0.25, 0.3) is 0 Å². The number of hydrogen-bond donors (Lipinski definition) is 0. The molecule has 1 aliphatic carbocycles. The van der Waals surface area contributed by atoms with Crippen molar-refractivity contribution in [1.29, 1.82) is 0 Å². The molecule has 40 heavy (non-hydrogen) atoms. The van der Waals surface area contributed by atoms with Gasteiger partial charge in [0.1, 0.15) is 5.75 Å². The zero-order valence-corrected chi connectivity index (χ0v) is 24.6. The van der Waals surface area contributed by atoms with Crippen LogP contribution in [0.4, 0.5) is 0 Å². The first-order valence-corrected chi connectivity index (χ1v) is 14.7. The molecule has 210 valence electrons. The molecule has 4 rings (SSSR count). The van der Waals surface area contributed by atoms with Gasteiger partial charge in [0.05, 0.1) is 24.2 Å². The van der Waals surface area contributed by atoms with Gasteiger partial charge in [0.15, 0.2) is 10.9 Å². The van der Waals surface area contributed by atoms with Gasteiger partial charge in [-0.3, -0.25) is 4.79 Å². The highest BCUT2D eigenvalue weighted by atomic mass is 32.2. The number of esters is 1. The molecule has 0 amide bonds. The molecule has 3 aromatic rings. The van der Waals surface area contributed by atoms with E-state index in [4.69, 9.17) is 9.47 Å². The summed E-state index contributed by atoms with van der Waals surface area (Å²) in [6.07, 6.45) is 11.3. The van der Waals surface area contributed by atoms with Gasteiger partial charge in [-0.05, 0) is 85.3 Å². The van der Waals surface area contributed by atoms with Crippen LogP contribution >= 0.6 is 11.8 Å². The van der Waals surface area contributed by atoms with Gasteiger partial charge >= 0.3 is 5.97 Å². The molecule has 1 unspecified atom stereocenters. The summed E-state index contributed by atoms with van der Waals surface area (Å²) < 4.78 is 12.7. The van der Waals surface area contributed by atoms with Crippen molar-refractivity contribution >= 4 is 29.6 Å². The minimum absolute atomic E-state index is 0.0687. The van der Waals surface area contributed by atoms with Gasteiger partial charge in [-0.25, -0.2) is 9.78 Å². The monoisotopic (exact) mass is 558 g/mol. The summed E-state index contributed by atoms with van der Waals surface area (Å²) in [5, 5.41) is 0.805. The summed E-state index contributed by atoms with van der Waals surface area (Å²) in [6.45, 7) is 5.03. The third-order valence-electron chi connectivity index (χ3n) is 7.46. The van der Waals surface area contributed by atoms with E-state index in [2.05, 4.69) is 18.8 Å². The number of aromatic nitrogens is 2. The second-order valence-corrected chi connectivity index (χ2v) is 11.3. The molecule has 1 aliphatic rings. The highest BCUT2D eigenvalue weighted by Crippen LogP contribution is 2.54. The lowest BCUT2D eigenvalue weighted by atomic mass is 9.73. The fourth-order valence-electron chi connectivity index (χ4n) is 5.11. The van der Waals surface area contributed by atoms with E-state index in [-0.39, 0.29) is 11.8 Å². The summed E-state index contributed by atoms with van der Waals surface area (Å²) in [6, 6.07) is 17.1. The number of rotatable bonds is 13. The van der Waals surface area contributed by atoms with Crippen molar-refractivity contribution in [2.75, 3.05) is 13.7 Å². The molecule has 1 aromatic heterocycles. The van der Waals surface area contributed by atoms with E-state index in [0.717, 1.165) is 65.5 Å². The number of carbonyl (C=O) groups is 2. The average Bonchev–Trinajstić information content (AvgIpc) is 3.46. The fourth-order valence-corrected chi connectivity index (χ4v) is 6.27. The number of nitrogens with zero attached hydrogens (tertiary/aromatic N) is 2. The van der Waals surface area contributed by atoms with E-state index in [9.17, 15) is 9.59 Å². The number of thioether (sulfide) groups is 1. The van der Waals surface area contributed by atoms with Crippen molar-refractivity contribution in [1.82, 2.24) is 9.55 Å². The van der Waals surface area contributed by atoms with Crippen LogP contribution in [0.2, 0.25) is 0 Å². The number of allylic oxidation sites excluding steroid dienone is 3. The maximum Gasteiger partial charge on any atom is 0.337 e. The minimum Gasteiger partial charge on any atom is -0.494 e. The van der Waals surface area contributed by atoms with E-state index in [1.807, 2.05) is 66.4 Å². The third-order valence-corrected chi connectivity index (χ3v) is 8.67. The molecule has 2 aromatic carbocycles. The number of aryl methyl sites for hydroxylation is 1. The molecule has 6 nitrogen and oxygen atoms in total. The van der Waals surface area contributed by atoms with Gasteiger partial charge in [-0.15, -0.1) is 0 Å². The highest BCUT2D eigenvalue weighted by Gasteiger charge is 2.46. The first-order valence-electron chi connectivity index (χ1n) is 13.9. The summed E-state index contributed by atoms with van der Waals surface area (Å²) in [5.74, 6) is 0.563. The lowest BCUT2D eigenvalue weighted by Gasteiger charge is -2.30. The number of benzene rings is 2. The number of unbranched alkanes of at least 4 members (excludes halogenated alkanes) is 2. The lowest BCUT2D eigenvalue weighted by Crippen LogP contribution is -2.21. The summed E-state index contributed by atoms with van der Waals surface area (Å²) in [5.41, 5.74) is 2.95. The number of hydrogen-bond acceptors (Lipinski definition) is 6. The van der Waals surface area contributed by atoms with Gasteiger partial charge in [0, 0.05) is 30.4 Å². The minimum atomic E-state index is -0.409. The Labute approximate surface area is 241 Å². The number of methoxy groups -OCH3 is 1. The quantitative estimate of drug-likeness (QED) is 0.122. The Morgan fingerprint density at radius 1 is 1.07 bits per heavy atom. The van der Waals surface area contributed by atoms with Crippen LogP contribution in [0.3, 0.4) is 0 Å². The van der Waals surface area contributed by atoms with Crippen LogP contribution in [0.5, 0.6) is 5.75 Å². The highest BCUT2D eigenvalue weighted by molar-refractivity contribution is 8.04. The Bertz CT molecular complexity index is 1370. The van der Waals surface area contributed by atoms with Crippen LogP contribution in [0.1, 0.15) is 68.3 Å². The average molecular weight is 559 g/mol. The second kappa shape index (κ2) is 13.7. The first kappa shape index (κ1) is 29.4. The van der Waals surface area contributed by atoms with Crippen molar-refractivity contribution in [3.63, 3.8) is 0 Å². The smallest absolute Gasteiger partial charge is 0.337 e. The molecule has 0 saturated carbocycles. The number of ether oxygens (including phenoxy) is 2. The number of imidazole rings is 1. The largest absolute Gasteiger partial charge is 0.494 e. The van der Waals surface area contributed by atoms with Crippen molar-refractivity contribution < 1.29 is 19.1 Å². The van der Waals surface area contributed by atoms with E-state index < -0.39 is 5.41 Å². The van der Waals surface area contributed by atoms with Crippen molar-refractivity contribution in [2.45, 2.75) is 57.5 Å². The van der Waals surface area contributed by atoms with Crippen LogP contribution in [0.25, 0.3) is 6.08 Å². The fraction of sp³-hybridized carbons (Fsp3) is 0.364. The predicted molar refractivity (Wildman–Crippen MR) is 160 cm³/mol. The Kier molecular flexibility index (Phi) is 10.0. The molecule has 0 bridgehead atoms. The van der Waals surface area contributed by atoms with Crippen molar-refractivity contribution in [2.24, 2.45) is 12.5 Å². The molecule has 0 saturated heterocycles. The standard InChI is InChI=1S/C33H38N2O4S/c1-5-6-14-27-30(40-32-34-20-21-35(32)3)29(36)28(23-24-15-17-25(18-16-24)31(37)38-4)33(27,2)19-10-11-22-39-26-12-8-7-9-13-26/h7-9,12-13,15-18,20-21,23H,5-6,10-11,14,19,22H2,1-4H3. The van der Waals surface area contributed by atoms with E-state index in [1.54, 1.807) is 18.3 Å². The molecule has 1 atom stereocenters. The maximum absolute atomic E-state index is 14.1.